The Bertz CT molecular complexity index is 902. The Morgan fingerprint density at radius 2 is 2.03 bits per heavy atom. The van der Waals surface area contributed by atoms with Crippen molar-refractivity contribution in [3.05, 3.63) is 53.5 Å². The number of esters is 1. The predicted octanol–water partition coefficient (Wildman–Crippen LogP) is 1.88. The third kappa shape index (κ3) is 5.24. The van der Waals surface area contributed by atoms with Gasteiger partial charge in [-0.15, -0.1) is 0 Å². The second-order valence-electron chi connectivity index (χ2n) is 6.77. The van der Waals surface area contributed by atoms with Crippen LogP contribution in [0.25, 0.3) is 0 Å². The number of hydrogen-bond donors (Lipinski definition) is 0. The number of amides is 1. The summed E-state index contributed by atoms with van der Waals surface area (Å²) in [6, 6.07) is 7.74. The van der Waals surface area contributed by atoms with E-state index in [-0.39, 0.29) is 12.3 Å². The van der Waals surface area contributed by atoms with Gasteiger partial charge in [0.25, 0.3) is 5.91 Å². The number of methoxy groups -OCH3 is 1. The van der Waals surface area contributed by atoms with E-state index in [0.29, 0.717) is 43.2 Å². The Morgan fingerprint density at radius 1 is 1.27 bits per heavy atom. The lowest BCUT2D eigenvalue weighted by molar-refractivity contribution is -0.133. The number of pyridine rings is 1. The van der Waals surface area contributed by atoms with Crippen LogP contribution in [0.1, 0.15) is 15.9 Å². The van der Waals surface area contributed by atoms with Crippen molar-refractivity contribution in [1.82, 2.24) is 9.88 Å². The number of aromatic nitrogens is 1. The normalized spacial score (nSPS) is 13.6. The number of rotatable bonds is 7. The lowest BCUT2D eigenvalue weighted by Crippen LogP contribution is -2.38. The van der Waals surface area contributed by atoms with E-state index in [9.17, 15) is 14.0 Å². The van der Waals surface area contributed by atoms with Gasteiger partial charge in [-0.25, -0.2) is 14.2 Å². The number of carbonyl (C=O) groups excluding carboxylic acids is 2. The summed E-state index contributed by atoms with van der Waals surface area (Å²) in [5.74, 6) is -0.887. The van der Waals surface area contributed by atoms with Crippen molar-refractivity contribution >= 4 is 17.7 Å². The molecule has 2 aromatic rings. The quantitative estimate of drug-likeness (QED) is 0.637. The molecule has 1 aromatic carbocycles. The maximum absolute atomic E-state index is 13.8. The zero-order valence-electron chi connectivity index (χ0n) is 17.0. The minimum atomic E-state index is -0.623. The van der Waals surface area contributed by atoms with Crippen LogP contribution in [-0.4, -0.2) is 68.8 Å². The van der Waals surface area contributed by atoms with Gasteiger partial charge in [0.15, 0.2) is 18.2 Å². The topological polar surface area (TPSA) is 81.2 Å². The van der Waals surface area contributed by atoms with Crippen molar-refractivity contribution in [1.29, 1.82) is 0 Å². The summed E-state index contributed by atoms with van der Waals surface area (Å²) in [5.41, 5.74) is 0.893. The fourth-order valence-electron chi connectivity index (χ4n) is 3.07. The van der Waals surface area contributed by atoms with Gasteiger partial charge in [0.2, 0.25) is 0 Å². The van der Waals surface area contributed by atoms with Crippen molar-refractivity contribution in [3.8, 4) is 5.75 Å². The van der Waals surface area contributed by atoms with Crippen LogP contribution in [0.15, 0.2) is 36.5 Å². The summed E-state index contributed by atoms with van der Waals surface area (Å²) in [4.78, 5) is 32.5. The number of benzene rings is 1. The van der Waals surface area contributed by atoms with Gasteiger partial charge in [0.1, 0.15) is 11.4 Å². The second-order valence-corrected chi connectivity index (χ2v) is 6.77. The fraction of sp³-hybridized carbons (Fsp3) is 0.381. The summed E-state index contributed by atoms with van der Waals surface area (Å²) in [6.07, 6.45) is 1.61. The predicted molar refractivity (Wildman–Crippen MR) is 107 cm³/mol. The Labute approximate surface area is 174 Å². The molecule has 0 atom stereocenters. The largest absolute Gasteiger partial charge is 0.494 e. The van der Waals surface area contributed by atoms with Crippen molar-refractivity contribution < 1.29 is 28.2 Å². The highest BCUT2D eigenvalue weighted by Gasteiger charge is 2.22. The summed E-state index contributed by atoms with van der Waals surface area (Å²) in [7, 11) is 2.94. The summed E-state index contributed by atoms with van der Waals surface area (Å²) < 4.78 is 29.3. The summed E-state index contributed by atoms with van der Waals surface area (Å²) in [6.45, 7) is 2.10. The zero-order valence-corrected chi connectivity index (χ0v) is 17.0. The van der Waals surface area contributed by atoms with Crippen molar-refractivity contribution in [2.75, 3.05) is 52.0 Å². The van der Waals surface area contributed by atoms with Crippen LogP contribution in [0.4, 0.5) is 10.2 Å². The molecule has 0 bridgehead atoms. The van der Waals surface area contributed by atoms with Gasteiger partial charge in [-0.05, 0) is 29.8 Å². The number of nitrogens with zero attached hydrogens (tertiary/aromatic N) is 3. The Kier molecular flexibility index (Phi) is 7.18. The average molecular weight is 417 g/mol. The molecule has 1 aliphatic rings. The molecule has 3 rings (SSSR count). The molecule has 0 spiro atoms. The number of carbonyl (C=O) groups is 2. The highest BCUT2D eigenvalue weighted by Crippen LogP contribution is 2.20. The SMILES string of the molecule is COc1ccc(CN(C)C(=O)COC(=O)c2cccnc2N2CCOCC2)cc1F. The monoisotopic (exact) mass is 417 g/mol. The molecule has 0 N–H and O–H groups in total. The molecule has 160 valence electrons. The number of hydrogen-bond acceptors (Lipinski definition) is 7. The van der Waals surface area contributed by atoms with Crippen LogP contribution in [-0.2, 0) is 20.8 Å². The maximum atomic E-state index is 13.8. The Morgan fingerprint density at radius 3 is 2.73 bits per heavy atom. The van der Waals surface area contributed by atoms with Gasteiger partial charge >= 0.3 is 5.97 Å². The van der Waals surface area contributed by atoms with Crippen molar-refractivity contribution in [3.63, 3.8) is 0 Å². The third-order valence-corrected chi connectivity index (χ3v) is 4.71. The van der Waals surface area contributed by atoms with E-state index in [4.69, 9.17) is 14.2 Å². The van der Waals surface area contributed by atoms with Gasteiger partial charge < -0.3 is 24.0 Å². The van der Waals surface area contributed by atoms with Crippen LogP contribution in [0, 0.1) is 5.82 Å². The van der Waals surface area contributed by atoms with Gasteiger partial charge in [-0.2, -0.15) is 0 Å². The molecular formula is C21H24FN3O5. The summed E-state index contributed by atoms with van der Waals surface area (Å²) in [5, 5.41) is 0. The van der Waals surface area contributed by atoms with Gasteiger partial charge in [0.05, 0.1) is 20.3 Å². The lowest BCUT2D eigenvalue weighted by Gasteiger charge is -2.28. The van der Waals surface area contributed by atoms with Crippen LogP contribution < -0.4 is 9.64 Å². The molecular weight excluding hydrogens is 393 g/mol. The number of halogens is 1. The molecule has 1 aromatic heterocycles. The number of ether oxygens (including phenoxy) is 3. The minimum absolute atomic E-state index is 0.134. The number of anilines is 1. The van der Waals surface area contributed by atoms with E-state index in [1.165, 1.54) is 24.1 Å². The highest BCUT2D eigenvalue weighted by atomic mass is 19.1. The van der Waals surface area contributed by atoms with Crippen LogP contribution in [0.5, 0.6) is 5.75 Å². The molecule has 1 aliphatic heterocycles. The van der Waals surface area contributed by atoms with E-state index >= 15 is 0 Å². The van der Waals surface area contributed by atoms with Crippen molar-refractivity contribution in [2.45, 2.75) is 6.54 Å². The highest BCUT2D eigenvalue weighted by molar-refractivity contribution is 5.96. The van der Waals surface area contributed by atoms with Gasteiger partial charge in [-0.1, -0.05) is 6.07 Å². The summed E-state index contributed by atoms with van der Waals surface area (Å²) >= 11 is 0. The second kappa shape index (κ2) is 10.0. The molecule has 2 heterocycles. The maximum Gasteiger partial charge on any atom is 0.342 e. The minimum Gasteiger partial charge on any atom is -0.494 e. The molecule has 0 unspecified atom stereocenters. The Hall–Kier alpha value is -3.20. The molecule has 1 fully saturated rings. The van der Waals surface area contributed by atoms with Gasteiger partial charge in [0, 0.05) is 32.9 Å². The molecule has 0 aliphatic carbocycles. The lowest BCUT2D eigenvalue weighted by atomic mass is 10.2. The Balaban J connectivity index is 1.58. The van der Waals surface area contributed by atoms with Crippen molar-refractivity contribution in [2.24, 2.45) is 0 Å². The molecule has 30 heavy (non-hydrogen) atoms. The molecule has 1 saturated heterocycles. The number of likely N-dealkylation sites (N-methyl/N-ethyl adjacent to an activating group) is 1. The molecule has 0 saturated carbocycles. The van der Waals surface area contributed by atoms with E-state index in [1.54, 1.807) is 31.4 Å². The van der Waals surface area contributed by atoms with Crippen LogP contribution >= 0.6 is 0 Å². The van der Waals surface area contributed by atoms with E-state index in [0.717, 1.165) is 0 Å². The van der Waals surface area contributed by atoms with E-state index in [2.05, 4.69) is 4.98 Å². The van der Waals surface area contributed by atoms with Crippen LogP contribution in [0.2, 0.25) is 0 Å². The standard InChI is InChI=1S/C21H24FN3O5/c1-24(13-15-5-6-18(28-2)17(22)12-15)19(26)14-30-21(27)16-4-3-7-23-20(16)25-8-10-29-11-9-25/h3-7,12H,8-11,13-14H2,1-2H3. The first-order valence-corrected chi connectivity index (χ1v) is 9.51. The third-order valence-electron chi connectivity index (χ3n) is 4.71. The average Bonchev–Trinajstić information content (AvgIpc) is 2.78. The molecule has 9 heteroatoms. The van der Waals surface area contributed by atoms with Gasteiger partial charge in [-0.3, -0.25) is 4.79 Å². The fourth-order valence-corrected chi connectivity index (χ4v) is 3.07. The zero-order chi connectivity index (χ0) is 21.5. The van der Waals surface area contributed by atoms with E-state index in [1.807, 2.05) is 4.90 Å². The molecule has 1 amide bonds. The van der Waals surface area contributed by atoms with E-state index < -0.39 is 24.3 Å². The first-order chi connectivity index (χ1) is 14.5. The van der Waals surface area contributed by atoms with Crippen LogP contribution in [0.3, 0.4) is 0 Å². The molecule has 8 nitrogen and oxygen atoms in total. The smallest absolute Gasteiger partial charge is 0.342 e. The first-order valence-electron chi connectivity index (χ1n) is 9.51. The first kappa shape index (κ1) is 21.5. The molecule has 0 radical (unpaired) electrons. The number of morpholine rings is 1.